The number of hydrogen-bond donors (Lipinski definition) is 0. The van der Waals surface area contributed by atoms with Crippen LogP contribution >= 0.6 is 0 Å². The lowest BCUT2D eigenvalue weighted by Gasteiger charge is -2.12. The Morgan fingerprint density at radius 2 is 1.53 bits per heavy atom. The van der Waals surface area contributed by atoms with Crippen molar-refractivity contribution >= 4 is 0 Å². The molecule has 15 heavy (non-hydrogen) atoms. The van der Waals surface area contributed by atoms with Crippen LogP contribution < -0.4 is 0 Å². The van der Waals surface area contributed by atoms with Crippen LogP contribution in [0.5, 0.6) is 0 Å². The Morgan fingerprint density at radius 3 is 2.13 bits per heavy atom. The zero-order valence-electron chi connectivity index (χ0n) is 10.5. The third kappa shape index (κ3) is 9.95. The van der Waals surface area contributed by atoms with Crippen LogP contribution in [0.4, 0.5) is 0 Å². The van der Waals surface area contributed by atoms with Crippen molar-refractivity contribution in [2.75, 3.05) is 14.2 Å². The van der Waals surface area contributed by atoms with E-state index in [4.69, 9.17) is 9.47 Å². The van der Waals surface area contributed by atoms with Crippen molar-refractivity contribution in [3.05, 3.63) is 12.2 Å². The molecular weight excluding hydrogens is 188 g/mol. The van der Waals surface area contributed by atoms with Crippen molar-refractivity contribution in [2.45, 2.75) is 58.2 Å². The van der Waals surface area contributed by atoms with Crippen molar-refractivity contribution in [2.24, 2.45) is 0 Å². The molecule has 2 heteroatoms. The number of allylic oxidation sites excluding steroid dienone is 2. The minimum absolute atomic E-state index is 0.00646. The number of rotatable bonds is 10. The largest absolute Gasteiger partial charge is 0.356 e. The van der Waals surface area contributed by atoms with E-state index in [0.717, 1.165) is 6.42 Å². The third-order valence-electron chi connectivity index (χ3n) is 2.57. The Morgan fingerprint density at radius 1 is 0.933 bits per heavy atom. The van der Waals surface area contributed by atoms with Gasteiger partial charge in [-0.1, -0.05) is 31.4 Å². The van der Waals surface area contributed by atoms with Gasteiger partial charge in [-0.2, -0.15) is 0 Å². The van der Waals surface area contributed by atoms with Crippen LogP contribution in [0.3, 0.4) is 0 Å². The Labute approximate surface area is 94.7 Å². The van der Waals surface area contributed by atoms with E-state index < -0.39 is 0 Å². The van der Waals surface area contributed by atoms with Gasteiger partial charge in [-0.05, 0) is 32.6 Å². The SMILES string of the molecule is CC=CCCCCCCCC(OC)OC. The molecule has 2 nitrogen and oxygen atoms in total. The second kappa shape index (κ2) is 11.7. The number of ether oxygens (including phenoxy) is 2. The quantitative estimate of drug-likeness (QED) is 0.312. The summed E-state index contributed by atoms with van der Waals surface area (Å²) in [6.45, 7) is 2.08. The second-order valence-corrected chi connectivity index (χ2v) is 3.82. The average Bonchev–Trinajstić information content (AvgIpc) is 2.27. The molecule has 0 heterocycles. The fourth-order valence-corrected chi connectivity index (χ4v) is 1.60. The fraction of sp³-hybridized carbons (Fsp3) is 0.846. The van der Waals surface area contributed by atoms with Gasteiger partial charge < -0.3 is 9.47 Å². The van der Waals surface area contributed by atoms with E-state index in [1.165, 1.54) is 38.5 Å². The smallest absolute Gasteiger partial charge is 0.156 e. The first-order chi connectivity index (χ1) is 7.35. The lowest BCUT2D eigenvalue weighted by Crippen LogP contribution is -2.12. The van der Waals surface area contributed by atoms with E-state index in [-0.39, 0.29) is 6.29 Å². The highest BCUT2D eigenvalue weighted by atomic mass is 16.7. The number of unbranched alkanes of at least 4 members (excludes halogenated alkanes) is 5. The summed E-state index contributed by atoms with van der Waals surface area (Å²) in [6.07, 6.45) is 13.1. The van der Waals surface area contributed by atoms with E-state index in [2.05, 4.69) is 19.1 Å². The summed E-state index contributed by atoms with van der Waals surface area (Å²) in [5.41, 5.74) is 0. The lowest BCUT2D eigenvalue weighted by molar-refractivity contribution is -0.107. The normalized spacial score (nSPS) is 11.7. The summed E-state index contributed by atoms with van der Waals surface area (Å²) >= 11 is 0. The van der Waals surface area contributed by atoms with Gasteiger partial charge in [-0.15, -0.1) is 0 Å². The second-order valence-electron chi connectivity index (χ2n) is 3.82. The van der Waals surface area contributed by atoms with Gasteiger partial charge in [0.25, 0.3) is 0 Å². The highest BCUT2D eigenvalue weighted by Gasteiger charge is 2.03. The molecule has 0 aromatic carbocycles. The van der Waals surface area contributed by atoms with Crippen molar-refractivity contribution in [1.82, 2.24) is 0 Å². The molecular formula is C13H26O2. The molecule has 0 fully saturated rings. The zero-order chi connectivity index (χ0) is 11.4. The molecule has 0 aromatic rings. The van der Waals surface area contributed by atoms with Gasteiger partial charge in [0.15, 0.2) is 6.29 Å². The number of hydrogen-bond acceptors (Lipinski definition) is 2. The van der Waals surface area contributed by atoms with Gasteiger partial charge in [0.05, 0.1) is 0 Å². The first-order valence-corrected chi connectivity index (χ1v) is 6.02. The summed E-state index contributed by atoms with van der Waals surface area (Å²) in [6, 6.07) is 0. The van der Waals surface area contributed by atoms with Crippen LogP contribution in [0, 0.1) is 0 Å². The molecule has 0 N–H and O–H groups in total. The fourth-order valence-electron chi connectivity index (χ4n) is 1.60. The predicted molar refractivity (Wildman–Crippen MR) is 64.9 cm³/mol. The third-order valence-corrected chi connectivity index (χ3v) is 2.57. The maximum atomic E-state index is 5.13. The Bertz CT molecular complexity index is 139. The van der Waals surface area contributed by atoms with Crippen LogP contribution in [-0.4, -0.2) is 20.5 Å². The van der Waals surface area contributed by atoms with Gasteiger partial charge in [-0.3, -0.25) is 0 Å². The van der Waals surface area contributed by atoms with E-state index in [9.17, 15) is 0 Å². The highest BCUT2D eigenvalue weighted by molar-refractivity contribution is 4.76. The van der Waals surface area contributed by atoms with Crippen molar-refractivity contribution in [3.8, 4) is 0 Å². The average molecular weight is 214 g/mol. The molecule has 0 aliphatic carbocycles. The maximum Gasteiger partial charge on any atom is 0.156 e. The summed E-state index contributed by atoms with van der Waals surface area (Å²) in [5, 5.41) is 0. The molecule has 0 bridgehead atoms. The molecule has 0 radical (unpaired) electrons. The highest BCUT2D eigenvalue weighted by Crippen LogP contribution is 2.10. The van der Waals surface area contributed by atoms with Gasteiger partial charge in [0.2, 0.25) is 0 Å². The van der Waals surface area contributed by atoms with E-state index >= 15 is 0 Å². The van der Waals surface area contributed by atoms with Crippen LogP contribution in [0.25, 0.3) is 0 Å². The lowest BCUT2D eigenvalue weighted by atomic mass is 10.1. The molecule has 0 aliphatic heterocycles. The Hall–Kier alpha value is -0.340. The van der Waals surface area contributed by atoms with Crippen LogP contribution in [0.1, 0.15) is 51.9 Å². The minimum Gasteiger partial charge on any atom is -0.356 e. The van der Waals surface area contributed by atoms with Gasteiger partial charge in [0.1, 0.15) is 0 Å². The molecule has 0 amide bonds. The minimum atomic E-state index is -0.00646. The van der Waals surface area contributed by atoms with Crippen LogP contribution in [0.15, 0.2) is 12.2 Å². The van der Waals surface area contributed by atoms with Gasteiger partial charge in [-0.25, -0.2) is 0 Å². The molecule has 90 valence electrons. The predicted octanol–water partition coefficient (Wildman–Crippen LogP) is 3.91. The molecule has 0 unspecified atom stereocenters. The summed E-state index contributed by atoms with van der Waals surface area (Å²) < 4.78 is 10.3. The first-order valence-electron chi connectivity index (χ1n) is 6.02. The van der Waals surface area contributed by atoms with Gasteiger partial charge in [0, 0.05) is 14.2 Å². The maximum absolute atomic E-state index is 5.13. The molecule has 0 saturated heterocycles. The standard InChI is InChI=1S/C13H26O2/c1-4-5-6-7-8-9-10-11-12-13(14-2)15-3/h4-5,13H,6-12H2,1-3H3. The van der Waals surface area contributed by atoms with Gasteiger partial charge >= 0.3 is 0 Å². The first kappa shape index (κ1) is 14.7. The zero-order valence-corrected chi connectivity index (χ0v) is 10.5. The Kier molecular flexibility index (Phi) is 11.5. The molecule has 0 saturated carbocycles. The van der Waals surface area contributed by atoms with Crippen molar-refractivity contribution in [3.63, 3.8) is 0 Å². The molecule has 0 aliphatic rings. The van der Waals surface area contributed by atoms with Crippen molar-refractivity contribution in [1.29, 1.82) is 0 Å². The number of methoxy groups -OCH3 is 2. The summed E-state index contributed by atoms with van der Waals surface area (Å²) in [4.78, 5) is 0. The molecule has 0 spiro atoms. The molecule has 0 rings (SSSR count). The Balaban J connectivity index is 3.10. The topological polar surface area (TPSA) is 18.5 Å². The molecule has 0 atom stereocenters. The van der Waals surface area contributed by atoms with E-state index in [0.29, 0.717) is 0 Å². The summed E-state index contributed by atoms with van der Waals surface area (Å²) in [7, 11) is 3.40. The van der Waals surface area contributed by atoms with E-state index in [1.54, 1.807) is 14.2 Å². The van der Waals surface area contributed by atoms with Crippen LogP contribution in [-0.2, 0) is 9.47 Å². The summed E-state index contributed by atoms with van der Waals surface area (Å²) in [5.74, 6) is 0. The van der Waals surface area contributed by atoms with E-state index in [1.807, 2.05) is 0 Å². The monoisotopic (exact) mass is 214 g/mol. The molecule has 0 aromatic heterocycles. The van der Waals surface area contributed by atoms with Crippen molar-refractivity contribution < 1.29 is 9.47 Å². The van der Waals surface area contributed by atoms with Crippen LogP contribution in [0.2, 0.25) is 0 Å².